The van der Waals surface area contributed by atoms with Crippen LogP contribution in [0, 0.1) is 3.57 Å². The van der Waals surface area contributed by atoms with Crippen molar-refractivity contribution in [3.8, 4) is 0 Å². The molecular weight excluding hydrogens is 299 g/mol. The van der Waals surface area contributed by atoms with Gasteiger partial charge in [0.15, 0.2) is 0 Å². The Labute approximate surface area is 105 Å². The van der Waals surface area contributed by atoms with Crippen LogP contribution in [0.3, 0.4) is 0 Å². The highest BCUT2D eigenvalue weighted by atomic mass is 127. The van der Waals surface area contributed by atoms with Crippen molar-refractivity contribution in [2.45, 2.75) is 6.54 Å². The van der Waals surface area contributed by atoms with Gasteiger partial charge in [-0.15, -0.1) is 0 Å². The number of likely N-dealkylation sites (N-methyl/N-ethyl adjacent to an activating group) is 1. The van der Waals surface area contributed by atoms with Crippen LogP contribution in [-0.4, -0.2) is 43.0 Å². The summed E-state index contributed by atoms with van der Waals surface area (Å²) in [5.41, 5.74) is 1.46. The minimum atomic E-state index is 1.10. The van der Waals surface area contributed by atoms with Crippen LogP contribution in [0.2, 0.25) is 0 Å². The van der Waals surface area contributed by atoms with E-state index < -0.39 is 0 Å². The number of piperazine rings is 1. The van der Waals surface area contributed by atoms with Gasteiger partial charge in [0.05, 0.1) is 0 Å². The molecule has 2 rings (SSSR count). The predicted octanol–water partition coefficient (Wildman–Crippen LogP) is 2.04. The van der Waals surface area contributed by atoms with E-state index in [9.17, 15) is 0 Å². The second-order valence-corrected chi connectivity index (χ2v) is 5.33. The molecule has 0 atom stereocenters. The largest absolute Gasteiger partial charge is 0.304 e. The van der Waals surface area contributed by atoms with E-state index in [-0.39, 0.29) is 0 Å². The minimum Gasteiger partial charge on any atom is -0.304 e. The molecule has 0 spiro atoms. The minimum absolute atomic E-state index is 1.10. The first kappa shape index (κ1) is 11.4. The molecule has 1 aromatic rings. The third kappa shape index (κ3) is 3.16. The quantitative estimate of drug-likeness (QED) is 0.771. The van der Waals surface area contributed by atoms with E-state index in [0.717, 1.165) is 6.54 Å². The molecule has 1 aromatic carbocycles. The molecule has 0 unspecified atom stereocenters. The van der Waals surface area contributed by atoms with Crippen LogP contribution >= 0.6 is 22.6 Å². The fourth-order valence-corrected chi connectivity index (χ4v) is 2.43. The molecule has 0 amide bonds. The molecule has 3 heteroatoms. The van der Waals surface area contributed by atoms with Gasteiger partial charge in [-0.05, 0) is 41.3 Å². The first-order valence-corrected chi connectivity index (χ1v) is 6.48. The molecule has 0 bridgehead atoms. The summed E-state index contributed by atoms with van der Waals surface area (Å²) in [6.07, 6.45) is 0. The van der Waals surface area contributed by atoms with Crippen molar-refractivity contribution < 1.29 is 0 Å². The van der Waals surface area contributed by atoms with Crippen molar-refractivity contribution in [3.63, 3.8) is 0 Å². The van der Waals surface area contributed by atoms with Crippen molar-refractivity contribution in [3.05, 3.63) is 33.4 Å². The van der Waals surface area contributed by atoms with Gasteiger partial charge >= 0.3 is 0 Å². The SMILES string of the molecule is CN1CCN(Cc2ccccc2I)CC1. The standard InChI is InChI=1S/C12H17IN2/c1-14-6-8-15(9-7-14)10-11-4-2-3-5-12(11)13/h2-5H,6-10H2,1H3. The van der Waals surface area contributed by atoms with Gasteiger partial charge in [-0.2, -0.15) is 0 Å². The topological polar surface area (TPSA) is 6.48 Å². The van der Waals surface area contributed by atoms with Crippen LogP contribution in [0.25, 0.3) is 0 Å². The average Bonchev–Trinajstić information content (AvgIpc) is 2.25. The summed E-state index contributed by atoms with van der Waals surface area (Å²) in [4.78, 5) is 4.93. The molecule has 0 saturated carbocycles. The maximum Gasteiger partial charge on any atom is 0.0245 e. The summed E-state index contributed by atoms with van der Waals surface area (Å²) in [7, 11) is 2.20. The lowest BCUT2D eigenvalue weighted by molar-refractivity contribution is 0.148. The van der Waals surface area contributed by atoms with Gasteiger partial charge in [0.25, 0.3) is 0 Å². The monoisotopic (exact) mass is 316 g/mol. The average molecular weight is 316 g/mol. The number of rotatable bonds is 2. The van der Waals surface area contributed by atoms with Gasteiger partial charge in [0.1, 0.15) is 0 Å². The van der Waals surface area contributed by atoms with E-state index in [4.69, 9.17) is 0 Å². The van der Waals surface area contributed by atoms with Crippen LogP contribution in [0.5, 0.6) is 0 Å². The third-order valence-electron chi connectivity index (χ3n) is 2.95. The van der Waals surface area contributed by atoms with Crippen molar-refractivity contribution in [2.75, 3.05) is 33.2 Å². The maximum atomic E-state index is 2.54. The number of hydrogen-bond donors (Lipinski definition) is 0. The van der Waals surface area contributed by atoms with Gasteiger partial charge in [0, 0.05) is 36.3 Å². The van der Waals surface area contributed by atoms with E-state index in [0.29, 0.717) is 0 Å². The molecule has 1 aliphatic heterocycles. The van der Waals surface area contributed by atoms with Crippen LogP contribution in [0.4, 0.5) is 0 Å². The highest BCUT2D eigenvalue weighted by Crippen LogP contribution is 2.14. The Hall–Kier alpha value is -0.130. The Morgan fingerprint density at radius 1 is 1.13 bits per heavy atom. The molecule has 15 heavy (non-hydrogen) atoms. The van der Waals surface area contributed by atoms with Gasteiger partial charge in [-0.25, -0.2) is 0 Å². The Morgan fingerprint density at radius 2 is 1.80 bits per heavy atom. The zero-order chi connectivity index (χ0) is 10.7. The van der Waals surface area contributed by atoms with Gasteiger partial charge < -0.3 is 4.90 Å². The van der Waals surface area contributed by atoms with Crippen LogP contribution < -0.4 is 0 Å². The predicted molar refractivity (Wildman–Crippen MR) is 71.9 cm³/mol. The van der Waals surface area contributed by atoms with Gasteiger partial charge in [0.2, 0.25) is 0 Å². The maximum absolute atomic E-state index is 2.54. The van der Waals surface area contributed by atoms with E-state index >= 15 is 0 Å². The smallest absolute Gasteiger partial charge is 0.0245 e. The first-order chi connectivity index (χ1) is 7.25. The Kier molecular flexibility index (Phi) is 3.99. The molecule has 1 saturated heterocycles. The molecule has 2 nitrogen and oxygen atoms in total. The molecule has 82 valence electrons. The number of benzene rings is 1. The zero-order valence-electron chi connectivity index (χ0n) is 9.12. The van der Waals surface area contributed by atoms with Crippen LogP contribution in [0.1, 0.15) is 5.56 Å². The van der Waals surface area contributed by atoms with Crippen molar-refractivity contribution in [1.29, 1.82) is 0 Å². The first-order valence-electron chi connectivity index (χ1n) is 5.40. The molecule has 0 aliphatic carbocycles. The highest BCUT2D eigenvalue weighted by Gasteiger charge is 2.14. The zero-order valence-corrected chi connectivity index (χ0v) is 11.3. The van der Waals surface area contributed by atoms with E-state index in [1.165, 1.54) is 35.3 Å². The Bertz CT molecular complexity index is 319. The number of hydrogen-bond acceptors (Lipinski definition) is 2. The number of halogens is 1. The lowest BCUT2D eigenvalue weighted by Gasteiger charge is -2.32. The van der Waals surface area contributed by atoms with Gasteiger partial charge in [-0.3, -0.25) is 4.90 Å². The molecular formula is C12H17IN2. The molecule has 1 aliphatic rings. The van der Waals surface area contributed by atoms with Crippen molar-refractivity contribution in [2.24, 2.45) is 0 Å². The summed E-state index contributed by atoms with van der Waals surface area (Å²) in [5, 5.41) is 0. The Balaban J connectivity index is 1.95. The third-order valence-corrected chi connectivity index (χ3v) is 4.00. The van der Waals surface area contributed by atoms with Crippen molar-refractivity contribution >= 4 is 22.6 Å². The van der Waals surface area contributed by atoms with Crippen LogP contribution in [0.15, 0.2) is 24.3 Å². The fraction of sp³-hybridized carbons (Fsp3) is 0.500. The summed E-state index contributed by atoms with van der Waals surface area (Å²) in [6, 6.07) is 8.66. The summed E-state index contributed by atoms with van der Waals surface area (Å²) in [6.45, 7) is 5.89. The summed E-state index contributed by atoms with van der Waals surface area (Å²) in [5.74, 6) is 0. The van der Waals surface area contributed by atoms with Gasteiger partial charge in [-0.1, -0.05) is 18.2 Å². The molecule has 0 radical (unpaired) electrons. The lowest BCUT2D eigenvalue weighted by atomic mass is 10.2. The van der Waals surface area contributed by atoms with Crippen molar-refractivity contribution in [1.82, 2.24) is 9.80 Å². The second-order valence-electron chi connectivity index (χ2n) is 4.17. The highest BCUT2D eigenvalue weighted by molar-refractivity contribution is 14.1. The molecule has 0 N–H and O–H groups in total. The molecule has 1 fully saturated rings. The van der Waals surface area contributed by atoms with E-state index in [2.05, 4.69) is 63.7 Å². The fourth-order valence-electron chi connectivity index (χ4n) is 1.87. The Morgan fingerprint density at radius 3 is 2.47 bits per heavy atom. The lowest BCUT2D eigenvalue weighted by Crippen LogP contribution is -2.43. The summed E-state index contributed by atoms with van der Waals surface area (Å²) < 4.78 is 1.38. The second kappa shape index (κ2) is 5.27. The molecule has 1 heterocycles. The van der Waals surface area contributed by atoms with Crippen LogP contribution in [-0.2, 0) is 6.54 Å². The van der Waals surface area contributed by atoms with E-state index in [1.54, 1.807) is 0 Å². The molecule has 0 aromatic heterocycles. The van der Waals surface area contributed by atoms with E-state index in [1.807, 2.05) is 0 Å². The number of nitrogens with zero attached hydrogens (tertiary/aromatic N) is 2. The summed E-state index contributed by atoms with van der Waals surface area (Å²) >= 11 is 2.42. The normalized spacial score (nSPS) is 19.3.